The molecule has 3 heteroatoms. The number of allylic oxidation sites excluding steroid dienone is 10. The molecule has 4 rings (SSSR count). The topological polar surface area (TPSA) is 17.1 Å². The van der Waals surface area contributed by atoms with E-state index in [1.165, 1.54) is 32.6 Å². The first-order chi connectivity index (χ1) is 18.7. The predicted molar refractivity (Wildman–Crippen MR) is 172 cm³/mol. The Balaban J connectivity index is 0.00000441. The van der Waals surface area contributed by atoms with Gasteiger partial charge in [-0.2, -0.15) is 0 Å². The van der Waals surface area contributed by atoms with Gasteiger partial charge in [0.1, 0.15) is 23.2 Å². The maximum atomic E-state index is 12.0. The number of ketones is 1. The van der Waals surface area contributed by atoms with Crippen molar-refractivity contribution in [2.24, 2.45) is 5.41 Å². The number of rotatable bonds is 8. The molecule has 40 heavy (non-hydrogen) atoms. The summed E-state index contributed by atoms with van der Waals surface area (Å²) in [4.78, 5) is 12.0. The minimum atomic E-state index is -1.89. The third-order valence-corrected chi connectivity index (χ3v) is 12.0. The van der Waals surface area contributed by atoms with Crippen LogP contribution in [0.3, 0.4) is 0 Å². The van der Waals surface area contributed by atoms with Crippen molar-refractivity contribution in [3.63, 3.8) is 0 Å². The summed E-state index contributed by atoms with van der Waals surface area (Å²) in [5.74, 6) is 0.219. The SMILES string of the molecule is CC(C=CC=C(C)C[P+](c1ccccc1)(c1ccccc1)c1ccccc1)=CC=C1C(C)=CC(=O)CC1(C)C.[Br-]. The molecule has 0 aliphatic heterocycles. The second kappa shape index (κ2) is 14.0. The fourth-order valence-electron chi connectivity index (χ4n) is 5.62. The number of halogens is 1. The summed E-state index contributed by atoms with van der Waals surface area (Å²) in [7, 11) is -1.89. The van der Waals surface area contributed by atoms with Crippen LogP contribution in [0.5, 0.6) is 0 Å². The normalized spacial score (nSPS) is 17.1. The van der Waals surface area contributed by atoms with Crippen molar-refractivity contribution in [2.45, 2.75) is 41.0 Å². The third-order valence-electron chi connectivity index (χ3n) is 7.48. The fourth-order valence-corrected chi connectivity index (χ4v) is 9.96. The highest BCUT2D eigenvalue weighted by Gasteiger charge is 2.45. The lowest BCUT2D eigenvalue weighted by Crippen LogP contribution is -3.00. The zero-order chi connectivity index (χ0) is 27.9. The first-order valence-electron chi connectivity index (χ1n) is 13.7. The van der Waals surface area contributed by atoms with Crippen LogP contribution >= 0.6 is 7.26 Å². The number of carbonyl (C=O) groups is 1. The molecule has 0 fully saturated rings. The highest BCUT2D eigenvalue weighted by atomic mass is 79.9. The van der Waals surface area contributed by atoms with Gasteiger partial charge in [0.05, 0.1) is 6.16 Å². The Labute approximate surface area is 252 Å². The fraction of sp³-hybridized carbons (Fsp3) is 0.216. The Morgan fingerprint density at radius 1 is 0.800 bits per heavy atom. The predicted octanol–water partition coefficient (Wildman–Crippen LogP) is 5.31. The number of hydrogen-bond acceptors (Lipinski definition) is 1. The van der Waals surface area contributed by atoms with E-state index in [0.29, 0.717) is 6.42 Å². The van der Waals surface area contributed by atoms with Gasteiger partial charge in [-0.25, -0.2) is 0 Å². The molecule has 1 aliphatic carbocycles. The van der Waals surface area contributed by atoms with Gasteiger partial charge in [0.2, 0.25) is 0 Å². The maximum absolute atomic E-state index is 12.0. The summed E-state index contributed by atoms with van der Waals surface area (Å²) in [6.07, 6.45) is 14.3. The van der Waals surface area contributed by atoms with Crippen molar-refractivity contribution in [2.75, 3.05) is 6.16 Å². The van der Waals surface area contributed by atoms with Crippen LogP contribution < -0.4 is 32.9 Å². The molecule has 0 saturated heterocycles. The molecule has 3 aromatic rings. The zero-order valence-electron chi connectivity index (χ0n) is 24.3. The standard InChI is InChI=1S/C37H40OP.BrH/c1-29(24-25-36-31(3)26-32(38)27-37(36,4)5)16-15-17-30(2)28-39(33-18-9-6-10-19-33,34-20-11-7-12-21-34)35-22-13-8-14-23-35;/h6-26H,27-28H2,1-5H3;1H/q+1;/p-1. The Hall–Kier alpha value is -3.06. The molecular formula is C37H40BrOP. The monoisotopic (exact) mass is 610 g/mol. The summed E-state index contributed by atoms with van der Waals surface area (Å²) in [5, 5.41) is 4.21. The van der Waals surface area contributed by atoms with Crippen molar-refractivity contribution in [3.8, 4) is 0 Å². The van der Waals surface area contributed by atoms with Crippen LogP contribution in [-0.4, -0.2) is 11.9 Å². The number of carbonyl (C=O) groups excluding carboxylic acids is 1. The van der Waals surface area contributed by atoms with Crippen LogP contribution in [0.15, 0.2) is 150 Å². The number of benzene rings is 3. The highest BCUT2D eigenvalue weighted by Crippen LogP contribution is 2.56. The van der Waals surface area contributed by atoms with Crippen molar-refractivity contribution < 1.29 is 21.8 Å². The molecular weight excluding hydrogens is 571 g/mol. The van der Waals surface area contributed by atoms with Gasteiger partial charge in [-0.3, -0.25) is 4.79 Å². The molecule has 0 saturated carbocycles. The Morgan fingerprint density at radius 3 is 1.73 bits per heavy atom. The average Bonchev–Trinajstić information content (AvgIpc) is 2.92. The van der Waals surface area contributed by atoms with E-state index in [-0.39, 0.29) is 28.2 Å². The summed E-state index contributed by atoms with van der Waals surface area (Å²) in [6.45, 7) is 10.7. The van der Waals surface area contributed by atoms with Gasteiger partial charge in [0.15, 0.2) is 5.78 Å². The van der Waals surface area contributed by atoms with E-state index in [9.17, 15) is 4.79 Å². The van der Waals surface area contributed by atoms with E-state index in [4.69, 9.17) is 0 Å². The Morgan fingerprint density at radius 2 is 1.27 bits per heavy atom. The molecule has 0 spiro atoms. The molecule has 0 unspecified atom stereocenters. The molecule has 0 amide bonds. The van der Waals surface area contributed by atoms with Gasteiger partial charge in [-0.1, -0.05) is 104 Å². The quantitative estimate of drug-likeness (QED) is 0.250. The molecule has 0 N–H and O–H groups in total. The molecule has 0 bridgehead atoms. The van der Waals surface area contributed by atoms with Gasteiger partial charge in [0, 0.05) is 6.42 Å². The Bertz CT molecular complexity index is 1350. The first kappa shape index (κ1) is 31.5. The minimum Gasteiger partial charge on any atom is -1.00 e. The van der Waals surface area contributed by atoms with Crippen molar-refractivity contribution in [3.05, 3.63) is 150 Å². The lowest BCUT2D eigenvalue weighted by atomic mass is 9.72. The molecule has 0 heterocycles. The second-order valence-corrected chi connectivity index (χ2v) is 14.7. The van der Waals surface area contributed by atoms with Crippen LogP contribution in [-0.2, 0) is 4.79 Å². The molecule has 206 valence electrons. The molecule has 0 radical (unpaired) electrons. The van der Waals surface area contributed by atoms with E-state index in [2.05, 4.69) is 149 Å². The lowest BCUT2D eigenvalue weighted by molar-refractivity contribution is -0.116. The zero-order valence-corrected chi connectivity index (χ0v) is 26.8. The third kappa shape index (κ3) is 7.36. The summed E-state index contributed by atoms with van der Waals surface area (Å²) < 4.78 is 0. The van der Waals surface area contributed by atoms with E-state index in [1.807, 2.05) is 6.92 Å². The van der Waals surface area contributed by atoms with Gasteiger partial charge in [0.25, 0.3) is 0 Å². The van der Waals surface area contributed by atoms with Crippen molar-refractivity contribution >= 4 is 29.0 Å². The second-order valence-electron chi connectivity index (χ2n) is 11.2. The van der Waals surface area contributed by atoms with Crippen molar-refractivity contribution in [1.82, 2.24) is 0 Å². The summed E-state index contributed by atoms with van der Waals surface area (Å²) in [5.41, 5.74) is 4.72. The van der Waals surface area contributed by atoms with Crippen LogP contribution in [0.2, 0.25) is 0 Å². The lowest BCUT2D eigenvalue weighted by Gasteiger charge is -2.31. The van der Waals surface area contributed by atoms with Gasteiger partial charge >= 0.3 is 0 Å². The molecule has 1 nitrogen and oxygen atoms in total. The van der Waals surface area contributed by atoms with Crippen LogP contribution in [0.4, 0.5) is 0 Å². The van der Waals surface area contributed by atoms with Crippen LogP contribution in [0.1, 0.15) is 41.0 Å². The van der Waals surface area contributed by atoms with E-state index in [1.54, 1.807) is 6.08 Å². The van der Waals surface area contributed by atoms with E-state index < -0.39 is 7.26 Å². The van der Waals surface area contributed by atoms with Crippen LogP contribution in [0, 0.1) is 5.41 Å². The summed E-state index contributed by atoms with van der Waals surface area (Å²) >= 11 is 0. The van der Waals surface area contributed by atoms with E-state index in [0.717, 1.165) is 11.7 Å². The smallest absolute Gasteiger partial charge is 0.156 e. The first-order valence-corrected chi connectivity index (χ1v) is 15.7. The minimum absolute atomic E-state index is 0. The van der Waals surface area contributed by atoms with Crippen LogP contribution in [0.25, 0.3) is 0 Å². The van der Waals surface area contributed by atoms with Gasteiger partial charge in [-0.15, -0.1) is 0 Å². The number of hydrogen-bond donors (Lipinski definition) is 0. The highest BCUT2D eigenvalue weighted by molar-refractivity contribution is 7.95. The molecule has 3 aromatic carbocycles. The van der Waals surface area contributed by atoms with Crippen molar-refractivity contribution in [1.29, 1.82) is 0 Å². The van der Waals surface area contributed by atoms with E-state index >= 15 is 0 Å². The maximum Gasteiger partial charge on any atom is 0.156 e. The largest absolute Gasteiger partial charge is 1.00 e. The molecule has 0 atom stereocenters. The van der Waals surface area contributed by atoms with Gasteiger partial charge in [-0.05, 0) is 85.4 Å². The Kier molecular flexibility index (Phi) is 11.0. The molecule has 1 aliphatic rings. The van der Waals surface area contributed by atoms with Gasteiger partial charge < -0.3 is 17.0 Å². The summed E-state index contributed by atoms with van der Waals surface area (Å²) in [6, 6.07) is 33.1. The average molecular weight is 612 g/mol. The molecule has 0 aromatic heterocycles.